The van der Waals surface area contributed by atoms with Crippen LogP contribution in [0.5, 0.6) is 0 Å². The van der Waals surface area contributed by atoms with Crippen LogP contribution in [0.1, 0.15) is 58.8 Å². The summed E-state index contributed by atoms with van der Waals surface area (Å²) < 4.78 is 0. The molecular weight excluding hydrogens is 220 g/mol. The van der Waals surface area contributed by atoms with Crippen molar-refractivity contribution < 1.29 is 0 Å². The predicted molar refractivity (Wildman–Crippen MR) is 78.9 cm³/mol. The molecule has 1 heterocycles. The molecule has 0 bridgehead atoms. The van der Waals surface area contributed by atoms with Gasteiger partial charge in [0.15, 0.2) is 0 Å². The number of likely N-dealkylation sites (tertiary alicyclic amines) is 1. The Balaban J connectivity index is 1.95. The first-order valence-corrected chi connectivity index (χ1v) is 8.15. The number of nitrogens with zero attached hydrogens (tertiary/aromatic N) is 1. The summed E-state index contributed by atoms with van der Waals surface area (Å²) in [6.07, 6.45) is 9.87. The lowest BCUT2D eigenvalue weighted by molar-refractivity contribution is 0.106. The minimum atomic E-state index is 0.736. The molecule has 1 saturated carbocycles. The van der Waals surface area contributed by atoms with Gasteiger partial charge in [-0.05, 0) is 70.5 Å². The Hall–Kier alpha value is -0.0800. The van der Waals surface area contributed by atoms with Crippen LogP contribution < -0.4 is 5.32 Å². The van der Waals surface area contributed by atoms with Gasteiger partial charge in [0.25, 0.3) is 0 Å². The van der Waals surface area contributed by atoms with Crippen LogP contribution in [0.4, 0.5) is 0 Å². The molecule has 1 aliphatic heterocycles. The molecule has 1 aliphatic carbocycles. The molecule has 2 nitrogen and oxygen atoms in total. The summed E-state index contributed by atoms with van der Waals surface area (Å²) in [4.78, 5) is 2.81. The summed E-state index contributed by atoms with van der Waals surface area (Å²) in [6.45, 7) is 7.48. The van der Waals surface area contributed by atoms with Crippen molar-refractivity contribution in [3.05, 3.63) is 0 Å². The van der Waals surface area contributed by atoms with Crippen LogP contribution in [-0.4, -0.2) is 37.1 Å². The van der Waals surface area contributed by atoms with Crippen LogP contribution in [0.15, 0.2) is 0 Å². The largest absolute Gasteiger partial charge is 0.315 e. The maximum atomic E-state index is 3.58. The predicted octanol–water partition coefficient (Wildman–Crippen LogP) is 3.28. The van der Waals surface area contributed by atoms with Crippen molar-refractivity contribution in [2.45, 2.75) is 70.9 Å². The van der Waals surface area contributed by atoms with Gasteiger partial charge in [-0.25, -0.2) is 0 Å². The van der Waals surface area contributed by atoms with Gasteiger partial charge < -0.3 is 5.32 Å². The summed E-state index contributed by atoms with van der Waals surface area (Å²) in [5.74, 6) is 1.91. The maximum Gasteiger partial charge on any atom is 0.0251 e. The Morgan fingerprint density at radius 1 is 1.11 bits per heavy atom. The molecule has 1 saturated heterocycles. The zero-order valence-corrected chi connectivity index (χ0v) is 12.6. The Kier molecular flexibility index (Phi) is 5.50. The lowest BCUT2D eigenvalue weighted by Crippen LogP contribution is -2.52. The van der Waals surface area contributed by atoms with Crippen molar-refractivity contribution in [2.24, 2.45) is 11.8 Å². The highest BCUT2D eigenvalue weighted by Crippen LogP contribution is 2.30. The molecule has 2 aliphatic rings. The van der Waals surface area contributed by atoms with E-state index in [2.05, 4.69) is 31.1 Å². The second-order valence-electron chi connectivity index (χ2n) is 6.62. The second-order valence-corrected chi connectivity index (χ2v) is 6.62. The molecule has 0 aromatic carbocycles. The van der Waals surface area contributed by atoms with E-state index < -0.39 is 0 Å². The van der Waals surface area contributed by atoms with E-state index in [1.165, 1.54) is 58.0 Å². The lowest BCUT2D eigenvalue weighted by atomic mass is 9.82. The van der Waals surface area contributed by atoms with Crippen LogP contribution in [0.3, 0.4) is 0 Å². The van der Waals surface area contributed by atoms with Crippen LogP contribution in [0.25, 0.3) is 0 Å². The third-order valence-corrected chi connectivity index (χ3v) is 5.38. The zero-order chi connectivity index (χ0) is 13.0. The summed E-state index contributed by atoms with van der Waals surface area (Å²) in [5.41, 5.74) is 0. The van der Waals surface area contributed by atoms with Crippen LogP contribution in [-0.2, 0) is 0 Å². The van der Waals surface area contributed by atoms with E-state index in [-0.39, 0.29) is 0 Å². The van der Waals surface area contributed by atoms with Gasteiger partial charge in [0, 0.05) is 12.1 Å². The molecule has 2 fully saturated rings. The fourth-order valence-electron chi connectivity index (χ4n) is 4.02. The third kappa shape index (κ3) is 3.48. The second kappa shape index (κ2) is 6.91. The fourth-order valence-corrected chi connectivity index (χ4v) is 4.02. The highest BCUT2D eigenvalue weighted by molar-refractivity contribution is 4.90. The average molecular weight is 252 g/mol. The van der Waals surface area contributed by atoms with Crippen LogP contribution in [0.2, 0.25) is 0 Å². The molecule has 2 heteroatoms. The Labute approximate surface area is 114 Å². The van der Waals surface area contributed by atoms with Crippen molar-refractivity contribution in [3.8, 4) is 0 Å². The van der Waals surface area contributed by atoms with Crippen LogP contribution >= 0.6 is 0 Å². The van der Waals surface area contributed by atoms with Crippen molar-refractivity contribution in [2.75, 3.05) is 20.1 Å². The number of rotatable bonds is 3. The van der Waals surface area contributed by atoms with E-state index in [4.69, 9.17) is 0 Å². The maximum absolute atomic E-state index is 3.58. The van der Waals surface area contributed by atoms with E-state index in [1.54, 1.807) is 0 Å². The van der Waals surface area contributed by atoms with Crippen molar-refractivity contribution in [1.29, 1.82) is 0 Å². The number of likely N-dealkylation sites (N-methyl/N-ethyl adjacent to an activating group) is 1. The molecule has 1 N–H and O–H groups in total. The standard InChI is InChI=1S/C16H32N2/c1-4-14-6-5-10-18(11-9-14)16-12-13(2)7-8-15(16)17-3/h13-17H,4-12H2,1-3H3. The Bertz CT molecular complexity index is 241. The molecule has 0 radical (unpaired) electrons. The number of hydrogen-bond donors (Lipinski definition) is 1. The van der Waals surface area contributed by atoms with Crippen LogP contribution in [0, 0.1) is 11.8 Å². The van der Waals surface area contributed by atoms with Gasteiger partial charge in [0.05, 0.1) is 0 Å². The highest BCUT2D eigenvalue weighted by atomic mass is 15.2. The van der Waals surface area contributed by atoms with Crippen molar-refractivity contribution >= 4 is 0 Å². The number of hydrogen-bond acceptors (Lipinski definition) is 2. The lowest BCUT2D eigenvalue weighted by Gasteiger charge is -2.41. The van der Waals surface area contributed by atoms with E-state index in [0.717, 1.165) is 23.9 Å². The molecule has 4 unspecified atom stereocenters. The number of nitrogens with one attached hydrogen (secondary N) is 1. The summed E-state index contributed by atoms with van der Waals surface area (Å²) in [7, 11) is 2.15. The third-order valence-electron chi connectivity index (χ3n) is 5.38. The van der Waals surface area contributed by atoms with Gasteiger partial charge in [-0.15, -0.1) is 0 Å². The van der Waals surface area contributed by atoms with Crippen molar-refractivity contribution in [3.63, 3.8) is 0 Å². The van der Waals surface area contributed by atoms with E-state index in [9.17, 15) is 0 Å². The van der Waals surface area contributed by atoms with Gasteiger partial charge in [-0.2, -0.15) is 0 Å². The highest BCUT2D eigenvalue weighted by Gasteiger charge is 2.32. The summed E-state index contributed by atoms with van der Waals surface area (Å²) in [6, 6.07) is 1.54. The fraction of sp³-hybridized carbons (Fsp3) is 1.00. The Morgan fingerprint density at radius 3 is 2.67 bits per heavy atom. The molecule has 4 atom stereocenters. The summed E-state index contributed by atoms with van der Waals surface area (Å²) >= 11 is 0. The minimum absolute atomic E-state index is 0.736. The first-order valence-electron chi connectivity index (χ1n) is 8.15. The Morgan fingerprint density at radius 2 is 1.94 bits per heavy atom. The average Bonchev–Trinajstić information content (AvgIpc) is 2.63. The molecule has 106 valence electrons. The summed E-state index contributed by atoms with van der Waals surface area (Å²) in [5, 5.41) is 3.58. The first-order chi connectivity index (χ1) is 8.74. The minimum Gasteiger partial charge on any atom is -0.315 e. The van der Waals surface area contributed by atoms with Gasteiger partial charge in [0.2, 0.25) is 0 Å². The molecule has 0 spiro atoms. The molecule has 0 aromatic rings. The zero-order valence-electron chi connectivity index (χ0n) is 12.6. The van der Waals surface area contributed by atoms with Gasteiger partial charge in [-0.3, -0.25) is 4.90 Å². The monoisotopic (exact) mass is 252 g/mol. The molecule has 0 aromatic heterocycles. The van der Waals surface area contributed by atoms with Gasteiger partial charge >= 0.3 is 0 Å². The quantitative estimate of drug-likeness (QED) is 0.829. The van der Waals surface area contributed by atoms with Gasteiger partial charge in [-0.1, -0.05) is 20.3 Å². The van der Waals surface area contributed by atoms with E-state index in [0.29, 0.717) is 0 Å². The van der Waals surface area contributed by atoms with Crippen molar-refractivity contribution in [1.82, 2.24) is 10.2 Å². The normalized spacial score (nSPS) is 39.5. The van der Waals surface area contributed by atoms with E-state index in [1.807, 2.05) is 0 Å². The molecular formula is C16H32N2. The topological polar surface area (TPSA) is 15.3 Å². The van der Waals surface area contributed by atoms with E-state index >= 15 is 0 Å². The molecule has 2 rings (SSSR count). The van der Waals surface area contributed by atoms with Gasteiger partial charge in [0.1, 0.15) is 0 Å². The SMILES string of the molecule is CCC1CCCN(C2CC(C)CCC2NC)CC1. The smallest absolute Gasteiger partial charge is 0.0251 e. The molecule has 0 amide bonds. The first kappa shape index (κ1) is 14.3. The molecule has 18 heavy (non-hydrogen) atoms.